The molecule has 1 aliphatic rings. The first kappa shape index (κ1) is 18.2. The quantitative estimate of drug-likeness (QED) is 0.589. The van der Waals surface area contributed by atoms with E-state index in [9.17, 15) is 19.8 Å². The molecule has 1 aromatic rings. The van der Waals surface area contributed by atoms with Gasteiger partial charge >= 0.3 is 37.7 Å². The average Bonchev–Trinajstić information content (AvgIpc) is 2.45. The first-order chi connectivity index (χ1) is 9.58. The normalized spacial score (nSPS) is 16.1. The van der Waals surface area contributed by atoms with E-state index in [1.807, 2.05) is 6.07 Å². The van der Waals surface area contributed by atoms with Gasteiger partial charge in [-0.25, -0.2) is 0 Å². The van der Waals surface area contributed by atoms with E-state index >= 15 is 0 Å². The topological polar surface area (TPSA) is 80.3 Å². The van der Waals surface area contributed by atoms with E-state index in [1.165, 1.54) is 19.3 Å². The van der Waals surface area contributed by atoms with Gasteiger partial charge in [-0.1, -0.05) is 43.5 Å². The third-order valence-electron chi connectivity index (χ3n) is 3.76. The molecule has 1 saturated carbocycles. The van der Waals surface area contributed by atoms with Crippen molar-refractivity contribution in [1.82, 2.24) is 0 Å². The molecule has 0 spiro atoms. The van der Waals surface area contributed by atoms with Gasteiger partial charge in [-0.05, 0) is 36.0 Å². The van der Waals surface area contributed by atoms with Gasteiger partial charge in [-0.3, -0.25) is 0 Å². The van der Waals surface area contributed by atoms with Crippen molar-refractivity contribution in [2.24, 2.45) is 0 Å². The molecule has 4 nitrogen and oxygen atoms in total. The van der Waals surface area contributed by atoms with Crippen molar-refractivity contribution < 1.29 is 19.8 Å². The van der Waals surface area contributed by atoms with Crippen LogP contribution in [0.3, 0.4) is 0 Å². The minimum absolute atomic E-state index is 0. The smallest absolute Gasteiger partial charge is 0.545 e. The Bertz CT molecular complexity index is 545. The van der Waals surface area contributed by atoms with Crippen LogP contribution in [0, 0.1) is 0 Å². The Kier molecular flexibility index (Phi) is 7.43. The third kappa shape index (κ3) is 5.13. The van der Waals surface area contributed by atoms with Gasteiger partial charge in [0.25, 0.3) is 0 Å². The van der Waals surface area contributed by atoms with Gasteiger partial charge in [-0.15, -0.1) is 0 Å². The summed E-state index contributed by atoms with van der Waals surface area (Å²) in [5.41, 5.74) is 1.08. The van der Waals surface area contributed by atoms with E-state index in [0.717, 1.165) is 18.4 Å². The summed E-state index contributed by atoms with van der Waals surface area (Å²) in [6.45, 7) is 0. The molecule has 0 atom stereocenters. The molecule has 0 bridgehead atoms. The Morgan fingerprint density at radius 2 is 1.76 bits per heavy atom. The Morgan fingerprint density at radius 1 is 1.10 bits per heavy atom. The van der Waals surface area contributed by atoms with E-state index in [0.29, 0.717) is 17.6 Å². The van der Waals surface area contributed by atoms with Gasteiger partial charge in [0.05, 0.1) is 11.9 Å². The van der Waals surface area contributed by atoms with Gasteiger partial charge < -0.3 is 19.8 Å². The summed E-state index contributed by atoms with van der Waals surface area (Å²) in [7, 11) is 0. The number of carboxylic acid groups (broad SMARTS) is 2. The number of carbonyl (C=O) groups excluding carboxylic acids is 2. The van der Waals surface area contributed by atoms with E-state index in [-0.39, 0.29) is 43.3 Å². The molecule has 0 heterocycles. The molecule has 1 aromatic carbocycles. The maximum atomic E-state index is 11.1. The summed E-state index contributed by atoms with van der Waals surface area (Å²) < 4.78 is 0. The van der Waals surface area contributed by atoms with Crippen LogP contribution in [0.2, 0.25) is 0 Å². The van der Waals surface area contributed by atoms with E-state index in [4.69, 9.17) is 0 Å². The largest absolute Gasteiger partial charge is 2.00 e. The fourth-order valence-electron chi connectivity index (χ4n) is 2.77. The molecule has 0 saturated heterocycles. The molecule has 21 heavy (non-hydrogen) atoms. The Morgan fingerprint density at radius 3 is 2.33 bits per heavy atom. The minimum Gasteiger partial charge on any atom is -0.545 e. The predicted octanol–water partition coefficient (Wildman–Crippen LogP) is 0.237. The zero-order chi connectivity index (χ0) is 14.5. The van der Waals surface area contributed by atoms with Gasteiger partial charge in [0, 0.05) is 5.57 Å². The first-order valence-corrected chi connectivity index (χ1v) is 6.82. The van der Waals surface area contributed by atoms with E-state index in [1.54, 1.807) is 18.2 Å². The second-order valence-corrected chi connectivity index (χ2v) is 5.12. The number of carboxylic acids is 2. The molecule has 5 heteroatoms. The molecule has 2 rings (SSSR count). The number of rotatable bonds is 4. The van der Waals surface area contributed by atoms with Crippen LogP contribution >= 0.6 is 0 Å². The van der Waals surface area contributed by atoms with Crippen molar-refractivity contribution in [2.45, 2.75) is 38.0 Å². The van der Waals surface area contributed by atoms with Crippen LogP contribution in [0.1, 0.15) is 49.1 Å². The van der Waals surface area contributed by atoms with Crippen LogP contribution in [0.25, 0.3) is 5.57 Å². The Balaban J connectivity index is 0.00000220. The second kappa shape index (κ2) is 8.57. The summed E-state index contributed by atoms with van der Waals surface area (Å²) in [5, 5.41) is 21.6. The van der Waals surface area contributed by atoms with Crippen LogP contribution in [-0.4, -0.2) is 49.7 Å². The van der Waals surface area contributed by atoms with Gasteiger partial charge in [0.1, 0.15) is 0 Å². The summed E-state index contributed by atoms with van der Waals surface area (Å²) in [4.78, 5) is 21.6. The van der Waals surface area contributed by atoms with Crippen LogP contribution in [0.15, 0.2) is 30.3 Å². The summed E-state index contributed by atoms with van der Waals surface area (Å²) in [6, 6.07) is 7.05. The standard InChI is InChI=1S/C16H18O4.Ca/c17-15(18)10-14(16(19)20)13-8-4-7-12(9-13)11-5-2-1-3-6-11;/h4,7-11H,1-3,5-6H2,(H,17,18)(H,19,20);/q;+2/p-2/b14-10-;. The van der Waals surface area contributed by atoms with Crippen LogP contribution < -0.4 is 10.2 Å². The maximum absolute atomic E-state index is 11.1. The van der Waals surface area contributed by atoms with E-state index in [2.05, 4.69) is 0 Å². The fourth-order valence-corrected chi connectivity index (χ4v) is 2.77. The number of carbonyl (C=O) groups is 2. The zero-order valence-electron chi connectivity index (χ0n) is 11.8. The summed E-state index contributed by atoms with van der Waals surface area (Å²) in [6.07, 6.45) is 6.36. The molecule has 0 aliphatic heterocycles. The number of hydrogen-bond donors (Lipinski definition) is 0. The first-order valence-electron chi connectivity index (χ1n) is 6.82. The van der Waals surface area contributed by atoms with Crippen molar-refractivity contribution in [3.8, 4) is 0 Å². The molecule has 0 radical (unpaired) electrons. The van der Waals surface area contributed by atoms with Crippen molar-refractivity contribution in [3.05, 3.63) is 41.5 Å². The fraction of sp³-hybridized carbons (Fsp3) is 0.375. The number of aliphatic carboxylic acids is 2. The van der Waals surface area contributed by atoms with Crippen molar-refractivity contribution in [1.29, 1.82) is 0 Å². The Labute approximate surface area is 153 Å². The minimum atomic E-state index is -1.53. The molecular weight excluding hydrogens is 296 g/mol. The molecule has 1 fully saturated rings. The molecular formula is C16H16CaO4. The molecule has 106 valence electrons. The molecule has 0 unspecified atom stereocenters. The number of benzene rings is 1. The average molecular weight is 312 g/mol. The SMILES string of the molecule is O=C([O-])/C=C(\C(=O)[O-])c1cccc(C2CCCCC2)c1.[Ca+2]. The van der Waals surface area contributed by atoms with Crippen LogP contribution in [0.4, 0.5) is 0 Å². The summed E-state index contributed by atoms with van der Waals surface area (Å²) in [5.74, 6) is -2.61. The van der Waals surface area contributed by atoms with Crippen molar-refractivity contribution >= 4 is 55.2 Å². The van der Waals surface area contributed by atoms with Crippen molar-refractivity contribution in [3.63, 3.8) is 0 Å². The van der Waals surface area contributed by atoms with E-state index < -0.39 is 11.9 Å². The monoisotopic (exact) mass is 312 g/mol. The van der Waals surface area contributed by atoms with Crippen molar-refractivity contribution in [2.75, 3.05) is 0 Å². The molecule has 0 amide bonds. The molecule has 0 aromatic heterocycles. The third-order valence-corrected chi connectivity index (χ3v) is 3.76. The maximum Gasteiger partial charge on any atom is 2.00 e. The summed E-state index contributed by atoms with van der Waals surface area (Å²) >= 11 is 0. The van der Waals surface area contributed by atoms with Gasteiger partial charge in [-0.2, -0.15) is 0 Å². The number of hydrogen-bond acceptors (Lipinski definition) is 4. The van der Waals surface area contributed by atoms with Crippen LogP contribution in [-0.2, 0) is 9.59 Å². The van der Waals surface area contributed by atoms with Gasteiger partial charge in [0.15, 0.2) is 0 Å². The zero-order valence-corrected chi connectivity index (χ0v) is 14.0. The Hall–Kier alpha value is -0.840. The molecule has 1 aliphatic carbocycles. The van der Waals surface area contributed by atoms with Gasteiger partial charge in [0.2, 0.25) is 0 Å². The second-order valence-electron chi connectivity index (χ2n) is 5.12. The van der Waals surface area contributed by atoms with Crippen LogP contribution in [0.5, 0.6) is 0 Å². The molecule has 0 N–H and O–H groups in total. The predicted molar refractivity (Wildman–Crippen MR) is 76.0 cm³/mol.